The highest BCUT2D eigenvalue weighted by molar-refractivity contribution is 9.10. The fourth-order valence-corrected chi connectivity index (χ4v) is 5.00. The van der Waals surface area contributed by atoms with E-state index in [9.17, 15) is 14.4 Å². The van der Waals surface area contributed by atoms with Crippen LogP contribution in [-0.2, 0) is 4.74 Å². The van der Waals surface area contributed by atoms with Crippen LogP contribution in [-0.4, -0.2) is 63.4 Å². The van der Waals surface area contributed by atoms with Crippen LogP contribution < -0.4 is 21.3 Å². The molecule has 2 N–H and O–H groups in total. The first-order valence-electron chi connectivity index (χ1n) is 12.6. The molecule has 0 bridgehead atoms. The Morgan fingerprint density at radius 1 is 1.26 bits per heavy atom. The highest BCUT2D eigenvalue weighted by Crippen LogP contribution is 2.31. The fourth-order valence-electron chi connectivity index (χ4n) is 4.58. The van der Waals surface area contributed by atoms with Crippen LogP contribution in [0.1, 0.15) is 51.8 Å². The van der Waals surface area contributed by atoms with E-state index in [2.05, 4.69) is 31.2 Å². The van der Waals surface area contributed by atoms with Crippen molar-refractivity contribution in [3.05, 3.63) is 61.0 Å². The molecule has 10 nitrogen and oxygen atoms in total. The van der Waals surface area contributed by atoms with Crippen molar-refractivity contribution in [3.8, 4) is 11.4 Å². The molecule has 38 heavy (non-hydrogen) atoms. The van der Waals surface area contributed by atoms with Crippen molar-refractivity contribution >= 4 is 32.9 Å². The second kappa shape index (κ2) is 10.9. The molecule has 0 saturated carbocycles. The van der Waals surface area contributed by atoms with Crippen LogP contribution in [0.5, 0.6) is 5.75 Å². The van der Waals surface area contributed by atoms with Crippen molar-refractivity contribution in [1.29, 1.82) is 0 Å². The number of aromatic nitrogens is 3. The number of amides is 1. The highest BCUT2D eigenvalue weighted by atomic mass is 79.9. The lowest BCUT2D eigenvalue weighted by molar-refractivity contribution is 0.00638. The summed E-state index contributed by atoms with van der Waals surface area (Å²) in [7, 11) is 0. The van der Waals surface area contributed by atoms with Gasteiger partial charge in [-0.2, -0.15) is 0 Å². The molecule has 3 aromatic rings. The van der Waals surface area contributed by atoms with Crippen LogP contribution in [0.4, 0.5) is 4.79 Å². The number of ether oxygens (including phenoxy) is 2. The van der Waals surface area contributed by atoms with E-state index in [1.165, 1.54) is 4.57 Å². The van der Waals surface area contributed by atoms with E-state index in [0.717, 1.165) is 11.3 Å². The Kier molecular flexibility index (Phi) is 7.98. The number of aryl methyl sites for hydroxylation is 1. The Bertz CT molecular complexity index is 1470. The molecule has 3 heterocycles. The zero-order chi connectivity index (χ0) is 27.8. The summed E-state index contributed by atoms with van der Waals surface area (Å²) in [5.74, 6) is 0.339. The Morgan fingerprint density at radius 3 is 2.68 bits per heavy atom. The maximum Gasteiger partial charge on any atom is 0.410 e. The van der Waals surface area contributed by atoms with E-state index in [0.29, 0.717) is 41.1 Å². The maximum atomic E-state index is 13.2. The molecule has 204 valence electrons. The molecule has 0 spiro atoms. The number of H-pyrrole nitrogens is 1. The van der Waals surface area contributed by atoms with Gasteiger partial charge in [0, 0.05) is 30.3 Å². The molecule has 1 saturated heterocycles. The first-order valence-corrected chi connectivity index (χ1v) is 13.4. The van der Waals surface area contributed by atoms with E-state index in [1.807, 2.05) is 47.6 Å². The monoisotopic (exact) mass is 587 g/mol. The number of rotatable bonds is 5. The summed E-state index contributed by atoms with van der Waals surface area (Å²) in [5.41, 5.74) is 0.882. The lowest BCUT2D eigenvalue weighted by Gasteiger charge is -2.36. The zero-order valence-corrected chi connectivity index (χ0v) is 24.1. The van der Waals surface area contributed by atoms with Crippen LogP contribution in [0.2, 0.25) is 0 Å². The van der Waals surface area contributed by atoms with Gasteiger partial charge in [-0.15, -0.1) is 0 Å². The Balaban J connectivity index is 1.78. The Morgan fingerprint density at radius 2 is 2.00 bits per heavy atom. The maximum absolute atomic E-state index is 13.2. The first kappa shape index (κ1) is 27.8. The summed E-state index contributed by atoms with van der Waals surface area (Å²) in [5, 5.41) is 3.52. The van der Waals surface area contributed by atoms with Gasteiger partial charge < -0.3 is 14.8 Å². The largest absolute Gasteiger partial charge is 0.490 e. The van der Waals surface area contributed by atoms with Crippen molar-refractivity contribution in [2.24, 2.45) is 0 Å². The van der Waals surface area contributed by atoms with Gasteiger partial charge in [-0.3, -0.25) is 24.2 Å². The van der Waals surface area contributed by atoms with Crippen LogP contribution in [0.25, 0.3) is 16.6 Å². The van der Waals surface area contributed by atoms with Crippen LogP contribution >= 0.6 is 15.9 Å². The van der Waals surface area contributed by atoms with E-state index in [4.69, 9.17) is 9.47 Å². The number of fused-ring (bicyclic) bond motifs is 1. The van der Waals surface area contributed by atoms with Crippen LogP contribution in [0.3, 0.4) is 0 Å². The summed E-state index contributed by atoms with van der Waals surface area (Å²) < 4.78 is 13.9. The van der Waals surface area contributed by atoms with Crippen molar-refractivity contribution in [2.75, 3.05) is 26.2 Å². The van der Waals surface area contributed by atoms with Crippen molar-refractivity contribution in [1.82, 2.24) is 24.8 Å². The smallest absolute Gasteiger partial charge is 0.410 e. The zero-order valence-electron chi connectivity index (χ0n) is 22.6. The molecule has 1 aliphatic rings. The normalized spacial score (nSPS) is 16.2. The summed E-state index contributed by atoms with van der Waals surface area (Å²) in [6.07, 6.45) is 1.30. The van der Waals surface area contributed by atoms with Crippen molar-refractivity contribution in [3.63, 3.8) is 0 Å². The summed E-state index contributed by atoms with van der Waals surface area (Å²) >= 11 is 3.52. The molecular formula is C27H34BrN5O5. The van der Waals surface area contributed by atoms with E-state index >= 15 is 0 Å². The van der Waals surface area contributed by atoms with Gasteiger partial charge in [0.2, 0.25) is 0 Å². The topological polar surface area (TPSA) is 119 Å². The molecular weight excluding hydrogens is 554 g/mol. The lowest BCUT2D eigenvalue weighted by atomic mass is 10.0. The number of nitrogens with one attached hydrogen (secondary N) is 2. The number of hydrogen-bond acceptors (Lipinski definition) is 7. The number of carbonyl (C=O) groups is 1. The van der Waals surface area contributed by atoms with Gasteiger partial charge >= 0.3 is 11.8 Å². The predicted octanol–water partition coefficient (Wildman–Crippen LogP) is 3.86. The third-order valence-electron chi connectivity index (χ3n) is 6.27. The van der Waals surface area contributed by atoms with Gasteiger partial charge in [0.15, 0.2) is 0 Å². The van der Waals surface area contributed by atoms with Crippen molar-refractivity contribution < 1.29 is 14.3 Å². The van der Waals surface area contributed by atoms with Gasteiger partial charge in [0.25, 0.3) is 5.56 Å². The minimum absolute atomic E-state index is 0.0410. The number of halogens is 1. The molecule has 11 heteroatoms. The van der Waals surface area contributed by atoms with Crippen LogP contribution in [0.15, 0.2) is 38.5 Å². The average Bonchev–Trinajstić information content (AvgIpc) is 2.82. The molecule has 1 aromatic carbocycles. The predicted molar refractivity (Wildman–Crippen MR) is 150 cm³/mol. The lowest BCUT2D eigenvalue weighted by Crippen LogP contribution is -2.56. The second-order valence-corrected chi connectivity index (χ2v) is 11.7. The Hall–Kier alpha value is -3.18. The molecule has 2 aromatic heterocycles. The molecule has 1 aliphatic heterocycles. The van der Waals surface area contributed by atoms with Crippen LogP contribution in [0, 0.1) is 6.92 Å². The fraction of sp³-hybridized carbons (Fsp3) is 0.481. The molecule has 0 aliphatic carbocycles. The molecule has 1 amide bonds. The number of hydrogen-bond donors (Lipinski definition) is 2. The van der Waals surface area contributed by atoms with Gasteiger partial charge in [0.05, 0.1) is 22.9 Å². The first-order chi connectivity index (χ1) is 17.9. The standard InChI is InChI=1S/C27H34BrN5O5/c1-15(2)22-23(16(3)7-8-30-22)33-19-11-17(28)12-20(21(19)24(34)31-25(33)35)37-14-18-13-29-9-10-32(18)26(36)38-27(4,5)6/h7-8,11-12,15,18,29H,9-10,13-14H2,1-6H3,(H,31,34,35). The SMILES string of the molecule is Cc1ccnc(C(C)C)c1-n1c(=O)[nH]c(=O)c2c(OCC3CNCCN3C(=O)OC(C)(C)C)cc(Br)cc21. The quantitative estimate of drug-likeness (QED) is 0.465. The summed E-state index contributed by atoms with van der Waals surface area (Å²) in [6, 6.07) is 4.94. The highest BCUT2D eigenvalue weighted by Gasteiger charge is 2.31. The number of nitrogens with zero attached hydrogens (tertiary/aromatic N) is 3. The van der Waals surface area contributed by atoms with E-state index < -0.39 is 22.9 Å². The number of carbonyl (C=O) groups excluding carboxylic acids is 1. The number of pyridine rings is 1. The van der Waals surface area contributed by atoms with Crippen molar-refractivity contribution in [2.45, 2.75) is 59.1 Å². The van der Waals surface area contributed by atoms with E-state index in [1.54, 1.807) is 23.2 Å². The molecule has 4 rings (SSSR count). The molecule has 1 atom stereocenters. The third-order valence-corrected chi connectivity index (χ3v) is 6.73. The number of aromatic amines is 1. The second-order valence-electron chi connectivity index (χ2n) is 10.8. The number of piperazine rings is 1. The summed E-state index contributed by atoms with van der Waals surface area (Å²) in [6.45, 7) is 13.1. The molecule has 1 fully saturated rings. The van der Waals surface area contributed by atoms with Gasteiger partial charge in [0.1, 0.15) is 23.3 Å². The minimum Gasteiger partial charge on any atom is -0.490 e. The van der Waals surface area contributed by atoms with Gasteiger partial charge in [-0.1, -0.05) is 29.8 Å². The van der Waals surface area contributed by atoms with Gasteiger partial charge in [-0.05, 0) is 57.4 Å². The summed E-state index contributed by atoms with van der Waals surface area (Å²) in [4.78, 5) is 47.8. The third kappa shape index (κ3) is 5.78. The minimum atomic E-state index is -0.621. The number of benzene rings is 1. The average molecular weight is 589 g/mol. The molecule has 1 unspecified atom stereocenters. The van der Waals surface area contributed by atoms with E-state index in [-0.39, 0.29) is 24.0 Å². The van der Waals surface area contributed by atoms with Gasteiger partial charge in [-0.25, -0.2) is 9.59 Å². The Labute approximate surface area is 229 Å². The molecule has 0 radical (unpaired) electrons.